The van der Waals surface area contributed by atoms with Crippen molar-refractivity contribution in [3.8, 4) is 0 Å². The number of rotatable bonds is 6. The topological polar surface area (TPSA) is 110 Å². The Balaban J connectivity index is 2.02. The predicted octanol–water partition coefficient (Wildman–Crippen LogP) is 6.47. The summed E-state index contributed by atoms with van der Waals surface area (Å²) in [5.74, 6) is -2.45. The molecule has 0 radical (unpaired) electrons. The van der Waals surface area contributed by atoms with E-state index in [-0.39, 0.29) is 16.5 Å². The fourth-order valence-corrected chi connectivity index (χ4v) is 5.99. The molecular formula is C21H11F5I3NO6S. The third-order valence-corrected chi connectivity index (χ3v) is 9.37. The van der Waals surface area contributed by atoms with Gasteiger partial charge in [0.1, 0.15) is 0 Å². The van der Waals surface area contributed by atoms with Gasteiger partial charge in [0.05, 0.1) is 11.1 Å². The van der Waals surface area contributed by atoms with E-state index >= 15 is 0 Å². The van der Waals surface area contributed by atoms with Gasteiger partial charge in [-0.3, -0.25) is 9.35 Å². The molecule has 1 atom stereocenters. The number of halogens is 8. The zero-order chi connectivity index (χ0) is 27.9. The first-order chi connectivity index (χ1) is 16.9. The number of carbonyl (C=O) groups is 2. The SMILES string of the molecule is O=C(Nc1cccc2c(C(=O)OC(C(F)(F)F)C(F)(F)S(=O)(=O)O)cccc12)c1cc(I)cc(I)c1I. The first-order valence-electron chi connectivity index (χ1n) is 9.55. The van der Waals surface area contributed by atoms with Crippen molar-refractivity contribution in [1.29, 1.82) is 0 Å². The highest BCUT2D eigenvalue weighted by Gasteiger charge is 2.66. The molecular weight excluding hydrogens is 870 g/mol. The maximum Gasteiger partial charge on any atom is 0.432 e. The minimum absolute atomic E-state index is 0.0756. The molecule has 7 nitrogen and oxygen atoms in total. The molecule has 0 bridgehead atoms. The molecule has 0 saturated carbocycles. The zero-order valence-electron chi connectivity index (χ0n) is 17.6. The van der Waals surface area contributed by atoms with Crippen LogP contribution in [0.15, 0.2) is 48.5 Å². The fraction of sp³-hybridized carbons (Fsp3) is 0.143. The zero-order valence-corrected chi connectivity index (χ0v) is 24.9. The van der Waals surface area contributed by atoms with Crippen LogP contribution in [-0.4, -0.2) is 42.4 Å². The highest BCUT2D eigenvalue weighted by Crippen LogP contribution is 2.39. The van der Waals surface area contributed by atoms with Gasteiger partial charge in [0.15, 0.2) is 0 Å². The van der Waals surface area contributed by atoms with Crippen molar-refractivity contribution in [2.45, 2.75) is 17.5 Å². The van der Waals surface area contributed by atoms with Crippen LogP contribution in [0.3, 0.4) is 0 Å². The second-order valence-electron chi connectivity index (χ2n) is 7.27. The van der Waals surface area contributed by atoms with Crippen LogP contribution in [-0.2, 0) is 14.9 Å². The number of hydrogen-bond donors (Lipinski definition) is 2. The van der Waals surface area contributed by atoms with E-state index in [1.165, 1.54) is 30.3 Å². The van der Waals surface area contributed by atoms with Gasteiger partial charge in [-0.05, 0) is 97.4 Å². The Labute approximate surface area is 246 Å². The lowest BCUT2D eigenvalue weighted by Crippen LogP contribution is -2.52. The van der Waals surface area contributed by atoms with Crippen LogP contribution in [0, 0.1) is 10.7 Å². The smallest absolute Gasteiger partial charge is 0.432 e. The van der Waals surface area contributed by atoms with Gasteiger partial charge in [-0.25, -0.2) is 4.79 Å². The Bertz CT molecular complexity index is 1510. The molecule has 1 amide bonds. The molecule has 0 aromatic heterocycles. The van der Waals surface area contributed by atoms with E-state index in [2.05, 4.69) is 32.6 Å². The molecule has 198 valence electrons. The standard InChI is InChI=1S/C21H11F5I3NO6S/c22-20(23,24)19(21(25,26)37(33,34)35)36-18(32)12-5-1-4-11-10(12)3-2-6-15(11)30-17(31)13-7-9(27)8-14(28)16(13)29/h1-8,19H,(H,30,31)(H,33,34,35). The van der Waals surface area contributed by atoms with Crippen molar-refractivity contribution < 1.29 is 49.2 Å². The predicted molar refractivity (Wildman–Crippen MR) is 148 cm³/mol. The lowest BCUT2D eigenvalue weighted by molar-refractivity contribution is -0.247. The molecule has 37 heavy (non-hydrogen) atoms. The highest BCUT2D eigenvalue weighted by molar-refractivity contribution is 14.1. The molecule has 3 aromatic carbocycles. The van der Waals surface area contributed by atoms with Gasteiger partial charge in [-0.1, -0.05) is 24.3 Å². The minimum atomic E-state index is -6.59. The summed E-state index contributed by atoms with van der Waals surface area (Å²) in [6, 6.07) is 11.2. The minimum Gasteiger partial charge on any atom is -0.441 e. The summed E-state index contributed by atoms with van der Waals surface area (Å²) in [7, 11) is -6.59. The maximum atomic E-state index is 13.9. The second kappa shape index (κ2) is 11.0. The van der Waals surface area contributed by atoms with Crippen molar-refractivity contribution in [1.82, 2.24) is 0 Å². The molecule has 0 aliphatic heterocycles. The summed E-state index contributed by atoms with van der Waals surface area (Å²) in [4.78, 5) is 25.5. The summed E-state index contributed by atoms with van der Waals surface area (Å²) in [5, 5.41) is -3.13. The van der Waals surface area contributed by atoms with Gasteiger partial charge < -0.3 is 10.1 Å². The van der Waals surface area contributed by atoms with E-state index in [4.69, 9.17) is 4.55 Å². The van der Waals surface area contributed by atoms with E-state index in [9.17, 15) is 40.0 Å². The number of benzene rings is 3. The van der Waals surface area contributed by atoms with Gasteiger partial charge in [0.25, 0.3) is 12.0 Å². The summed E-state index contributed by atoms with van der Waals surface area (Å²) >= 11 is 6.09. The van der Waals surface area contributed by atoms with Crippen molar-refractivity contribution in [3.63, 3.8) is 0 Å². The number of fused-ring (bicyclic) bond motifs is 1. The van der Waals surface area contributed by atoms with Crippen molar-refractivity contribution >= 4 is 106 Å². The molecule has 0 spiro atoms. The van der Waals surface area contributed by atoms with Gasteiger partial charge in [-0.15, -0.1) is 0 Å². The van der Waals surface area contributed by atoms with Crippen LogP contribution >= 0.6 is 67.8 Å². The van der Waals surface area contributed by atoms with Crippen LogP contribution in [0.2, 0.25) is 0 Å². The number of hydrogen-bond acceptors (Lipinski definition) is 5. The molecule has 0 aliphatic carbocycles. The summed E-state index contributed by atoms with van der Waals surface area (Å²) in [6.45, 7) is 0. The first kappa shape index (κ1) is 30.2. The first-order valence-corrected chi connectivity index (χ1v) is 14.2. The molecule has 0 aliphatic rings. The number of nitrogens with one attached hydrogen (secondary N) is 1. The number of anilines is 1. The van der Waals surface area contributed by atoms with Crippen LogP contribution in [0.25, 0.3) is 10.8 Å². The Morgan fingerprint density at radius 1 is 0.919 bits per heavy atom. The second-order valence-corrected chi connectivity index (χ2v) is 12.3. The highest BCUT2D eigenvalue weighted by atomic mass is 127. The number of ether oxygens (including phenoxy) is 1. The molecule has 3 aromatic rings. The molecule has 0 fully saturated rings. The van der Waals surface area contributed by atoms with Crippen LogP contribution in [0.5, 0.6) is 0 Å². The van der Waals surface area contributed by atoms with Crippen LogP contribution < -0.4 is 5.32 Å². The fourth-order valence-electron chi connectivity index (χ4n) is 3.14. The maximum absolute atomic E-state index is 13.9. The van der Waals surface area contributed by atoms with Gasteiger partial charge in [0.2, 0.25) is 0 Å². The summed E-state index contributed by atoms with van der Waals surface area (Å²) in [6.07, 6.45) is -10.5. The van der Waals surface area contributed by atoms with E-state index in [0.29, 0.717) is 9.13 Å². The summed E-state index contributed by atoms with van der Waals surface area (Å²) < 4.78 is 104. The summed E-state index contributed by atoms with van der Waals surface area (Å²) in [5.41, 5.74) is -0.130. The monoisotopic (exact) mass is 881 g/mol. The third-order valence-electron chi connectivity index (χ3n) is 4.80. The van der Waals surface area contributed by atoms with Crippen LogP contribution in [0.4, 0.5) is 27.6 Å². The molecule has 1 unspecified atom stereocenters. The Morgan fingerprint density at radius 3 is 2.11 bits per heavy atom. The molecule has 16 heteroatoms. The van der Waals surface area contributed by atoms with E-state index in [0.717, 1.165) is 13.2 Å². The average Bonchev–Trinajstić information content (AvgIpc) is 2.77. The van der Waals surface area contributed by atoms with Crippen molar-refractivity contribution in [3.05, 3.63) is 70.4 Å². The van der Waals surface area contributed by atoms with E-state index < -0.39 is 45.1 Å². The Hall–Kier alpha value is -1.39. The number of carbonyl (C=O) groups excluding carboxylic acids is 2. The van der Waals surface area contributed by atoms with Crippen LogP contribution in [0.1, 0.15) is 20.7 Å². The van der Waals surface area contributed by atoms with Crippen molar-refractivity contribution in [2.24, 2.45) is 0 Å². The average molecular weight is 881 g/mol. The van der Waals surface area contributed by atoms with Gasteiger partial charge in [-0.2, -0.15) is 30.4 Å². The molecule has 0 saturated heterocycles. The Kier molecular flexibility index (Phi) is 8.97. The largest absolute Gasteiger partial charge is 0.441 e. The third kappa shape index (κ3) is 6.44. The number of amides is 1. The normalized spacial score (nSPS) is 13.3. The number of esters is 1. The lowest BCUT2D eigenvalue weighted by Gasteiger charge is -2.26. The van der Waals surface area contributed by atoms with Gasteiger partial charge >= 0.3 is 27.5 Å². The Morgan fingerprint density at radius 2 is 1.51 bits per heavy atom. The van der Waals surface area contributed by atoms with E-state index in [1.807, 2.05) is 51.2 Å². The molecule has 2 N–H and O–H groups in total. The van der Waals surface area contributed by atoms with E-state index in [1.54, 1.807) is 6.07 Å². The quantitative estimate of drug-likeness (QED) is 0.0967. The molecule has 0 heterocycles. The van der Waals surface area contributed by atoms with Gasteiger partial charge in [0, 0.05) is 21.8 Å². The molecule has 3 rings (SSSR count). The number of alkyl halides is 5. The lowest BCUT2D eigenvalue weighted by atomic mass is 10.0. The van der Waals surface area contributed by atoms with Crippen molar-refractivity contribution in [2.75, 3.05) is 5.32 Å².